The van der Waals surface area contributed by atoms with Gasteiger partial charge in [-0.15, -0.1) is 0 Å². The van der Waals surface area contributed by atoms with E-state index in [9.17, 15) is 13.6 Å². The van der Waals surface area contributed by atoms with Crippen LogP contribution in [0.4, 0.5) is 8.78 Å². The van der Waals surface area contributed by atoms with E-state index in [0.717, 1.165) is 0 Å². The van der Waals surface area contributed by atoms with Gasteiger partial charge in [-0.3, -0.25) is 4.79 Å². The molecule has 0 radical (unpaired) electrons. The molecule has 3 nitrogen and oxygen atoms in total. The molecule has 5 heteroatoms. The van der Waals surface area contributed by atoms with Gasteiger partial charge in [0.1, 0.15) is 5.41 Å². The Kier molecular flexibility index (Phi) is 2.09. The average Bonchev–Trinajstić information content (AvgIpc) is 2.73. The smallest absolute Gasteiger partial charge is 0.316 e. The van der Waals surface area contributed by atoms with Crippen LogP contribution in [0.15, 0.2) is 0 Å². The quantitative estimate of drug-likeness (QED) is 0.773. The minimum absolute atomic E-state index is 0.377. The lowest BCUT2D eigenvalue weighted by atomic mass is 9.68. The third-order valence-corrected chi connectivity index (χ3v) is 3.98. The van der Waals surface area contributed by atoms with Crippen LogP contribution >= 0.6 is 0 Å². The molecule has 0 aromatic rings. The third kappa shape index (κ3) is 1.22. The molecule has 1 N–H and O–H groups in total. The molecule has 0 aromatic carbocycles. The highest BCUT2D eigenvalue weighted by Crippen LogP contribution is 2.71. The molecule has 2 rings (SSSR count). The van der Waals surface area contributed by atoms with E-state index < -0.39 is 29.1 Å². The Morgan fingerprint density at radius 3 is 2.13 bits per heavy atom. The van der Waals surface area contributed by atoms with Crippen LogP contribution in [0.1, 0.15) is 26.2 Å². The zero-order chi connectivity index (χ0) is 11.3. The first-order valence-electron chi connectivity index (χ1n) is 5.05. The van der Waals surface area contributed by atoms with Gasteiger partial charge in [0, 0.05) is 19.6 Å². The van der Waals surface area contributed by atoms with Crippen molar-refractivity contribution in [2.24, 2.45) is 10.8 Å². The van der Waals surface area contributed by atoms with Crippen molar-refractivity contribution < 1.29 is 23.4 Å². The second kappa shape index (κ2) is 2.90. The Morgan fingerprint density at radius 2 is 1.80 bits per heavy atom. The lowest BCUT2D eigenvalue weighted by Crippen LogP contribution is -2.43. The van der Waals surface area contributed by atoms with Crippen LogP contribution in [0.2, 0.25) is 0 Å². The summed E-state index contributed by atoms with van der Waals surface area (Å²) in [4.78, 5) is 11.1. The van der Waals surface area contributed by atoms with Crippen LogP contribution in [0.3, 0.4) is 0 Å². The number of rotatable bonds is 2. The summed E-state index contributed by atoms with van der Waals surface area (Å²) < 4.78 is 31.7. The van der Waals surface area contributed by atoms with Crippen LogP contribution in [0.25, 0.3) is 0 Å². The molecule has 1 unspecified atom stereocenters. The molecule has 1 heterocycles. The summed E-state index contributed by atoms with van der Waals surface area (Å²) in [6, 6.07) is 0. The van der Waals surface area contributed by atoms with Gasteiger partial charge in [-0.1, -0.05) is 6.92 Å². The van der Waals surface area contributed by atoms with Gasteiger partial charge in [0.05, 0.1) is 0 Å². The molecule has 0 amide bonds. The predicted octanol–water partition coefficient (Wildman–Crippen LogP) is 1.91. The van der Waals surface area contributed by atoms with Crippen LogP contribution in [-0.4, -0.2) is 30.2 Å². The summed E-state index contributed by atoms with van der Waals surface area (Å²) in [5.41, 5.74) is -2.68. The molecular weight excluding hydrogens is 206 g/mol. The largest absolute Gasteiger partial charge is 0.481 e. The van der Waals surface area contributed by atoms with Crippen LogP contribution in [-0.2, 0) is 9.53 Å². The maximum Gasteiger partial charge on any atom is 0.316 e. The second-order valence-electron chi connectivity index (χ2n) is 4.76. The topological polar surface area (TPSA) is 46.5 Å². The van der Waals surface area contributed by atoms with Crippen molar-refractivity contribution in [3.05, 3.63) is 0 Å². The van der Waals surface area contributed by atoms with Gasteiger partial charge in [-0.05, 0) is 18.3 Å². The summed E-state index contributed by atoms with van der Waals surface area (Å²) >= 11 is 0. The number of ether oxygens (including phenoxy) is 1. The first kappa shape index (κ1) is 10.8. The van der Waals surface area contributed by atoms with Gasteiger partial charge in [-0.25, -0.2) is 8.78 Å². The zero-order valence-corrected chi connectivity index (χ0v) is 8.56. The number of carboxylic acid groups (broad SMARTS) is 1. The average molecular weight is 220 g/mol. The molecule has 0 aromatic heterocycles. The number of hydrogen-bond donors (Lipinski definition) is 1. The second-order valence-corrected chi connectivity index (χ2v) is 4.76. The molecule has 1 saturated carbocycles. The highest BCUT2D eigenvalue weighted by Gasteiger charge is 2.82. The van der Waals surface area contributed by atoms with Crippen molar-refractivity contribution >= 4 is 5.97 Å². The zero-order valence-electron chi connectivity index (χ0n) is 8.56. The van der Waals surface area contributed by atoms with Crippen LogP contribution in [0.5, 0.6) is 0 Å². The van der Waals surface area contributed by atoms with Gasteiger partial charge in [0.15, 0.2) is 0 Å². The molecule has 1 aliphatic carbocycles. The van der Waals surface area contributed by atoms with E-state index in [4.69, 9.17) is 9.84 Å². The van der Waals surface area contributed by atoms with Crippen LogP contribution < -0.4 is 0 Å². The van der Waals surface area contributed by atoms with Crippen LogP contribution in [0, 0.1) is 10.8 Å². The van der Waals surface area contributed by atoms with Gasteiger partial charge < -0.3 is 9.84 Å². The summed E-state index contributed by atoms with van der Waals surface area (Å²) in [6.07, 6.45) is 0.273. The van der Waals surface area contributed by atoms with Crippen molar-refractivity contribution in [1.82, 2.24) is 0 Å². The Morgan fingerprint density at radius 1 is 1.33 bits per heavy atom. The fourth-order valence-corrected chi connectivity index (χ4v) is 2.68. The summed E-state index contributed by atoms with van der Waals surface area (Å²) in [6.45, 7) is 2.40. The molecule has 2 aliphatic rings. The van der Waals surface area contributed by atoms with Gasteiger partial charge in [-0.2, -0.15) is 0 Å². The molecule has 0 spiro atoms. The standard InChI is InChI=1S/C10H14F2O3/c1-8(2-4-15-5-3-8)9(7(13)14)6-10(9,11)12/h2-6H2,1H3,(H,13,14). The Labute approximate surface area is 86.4 Å². The predicted molar refractivity (Wildman–Crippen MR) is 47.8 cm³/mol. The minimum Gasteiger partial charge on any atom is -0.481 e. The van der Waals surface area contributed by atoms with Crippen molar-refractivity contribution in [2.45, 2.75) is 32.1 Å². The molecule has 0 bridgehead atoms. The van der Waals surface area contributed by atoms with E-state index in [0.29, 0.717) is 26.1 Å². The third-order valence-electron chi connectivity index (χ3n) is 3.98. The summed E-state index contributed by atoms with van der Waals surface area (Å²) in [7, 11) is 0. The minimum atomic E-state index is -3.05. The van der Waals surface area contributed by atoms with E-state index in [1.165, 1.54) is 0 Å². The maximum atomic E-state index is 13.3. The summed E-state index contributed by atoms with van der Waals surface area (Å²) in [5, 5.41) is 9.04. The van der Waals surface area contributed by atoms with Crippen molar-refractivity contribution in [1.29, 1.82) is 0 Å². The molecule has 1 atom stereocenters. The molecule has 86 valence electrons. The number of aliphatic carboxylic acids is 1. The fourth-order valence-electron chi connectivity index (χ4n) is 2.68. The lowest BCUT2D eigenvalue weighted by Gasteiger charge is -2.38. The monoisotopic (exact) mass is 220 g/mol. The van der Waals surface area contributed by atoms with Crippen molar-refractivity contribution in [3.63, 3.8) is 0 Å². The normalized spacial score (nSPS) is 37.3. The van der Waals surface area contributed by atoms with E-state index in [1.807, 2.05) is 0 Å². The van der Waals surface area contributed by atoms with Gasteiger partial charge in [0.25, 0.3) is 5.92 Å². The Bertz CT molecular complexity index is 297. The number of halogens is 2. The highest BCUT2D eigenvalue weighted by molar-refractivity contribution is 5.81. The summed E-state index contributed by atoms with van der Waals surface area (Å²) in [5.74, 6) is -4.41. The van der Waals surface area contributed by atoms with E-state index in [-0.39, 0.29) is 0 Å². The lowest BCUT2D eigenvalue weighted by molar-refractivity contribution is -0.160. The number of hydrogen-bond acceptors (Lipinski definition) is 2. The van der Waals surface area contributed by atoms with Gasteiger partial charge in [0.2, 0.25) is 0 Å². The Hall–Kier alpha value is -0.710. The molecule has 1 aliphatic heterocycles. The molecule has 15 heavy (non-hydrogen) atoms. The molecule has 2 fully saturated rings. The van der Waals surface area contributed by atoms with E-state index >= 15 is 0 Å². The number of alkyl halides is 2. The number of carboxylic acids is 1. The molecular formula is C10H14F2O3. The molecule has 1 saturated heterocycles. The highest BCUT2D eigenvalue weighted by atomic mass is 19.3. The SMILES string of the molecule is CC1(C2(C(=O)O)CC2(F)F)CCOCC1. The van der Waals surface area contributed by atoms with Crippen molar-refractivity contribution in [3.8, 4) is 0 Å². The first-order valence-corrected chi connectivity index (χ1v) is 5.05. The number of carbonyl (C=O) groups is 1. The van der Waals surface area contributed by atoms with E-state index in [1.54, 1.807) is 6.92 Å². The Balaban J connectivity index is 2.31. The first-order chi connectivity index (χ1) is 6.86. The van der Waals surface area contributed by atoms with Gasteiger partial charge >= 0.3 is 5.97 Å². The van der Waals surface area contributed by atoms with E-state index in [2.05, 4.69) is 0 Å². The van der Waals surface area contributed by atoms with Crippen molar-refractivity contribution in [2.75, 3.05) is 13.2 Å². The fraction of sp³-hybridized carbons (Fsp3) is 0.900. The maximum absolute atomic E-state index is 13.3.